The molecule has 1 aromatic rings. The van der Waals surface area contributed by atoms with E-state index in [1.54, 1.807) is 25.3 Å². The molecule has 0 radical (unpaired) electrons. The number of hydrogen-bond acceptors (Lipinski definition) is 4. The first-order valence-electron chi connectivity index (χ1n) is 4.62. The first-order valence-corrected chi connectivity index (χ1v) is 4.62. The fourth-order valence-electron chi connectivity index (χ4n) is 1.34. The third-order valence-electron chi connectivity index (χ3n) is 2.14. The Kier molecular flexibility index (Phi) is 3.68. The molecule has 1 atom stereocenters. The standard InChI is InChI=1S/C11H15NO3/c1-7(12)9-6-8(11(13)15-3)4-5-10(9)14-2/h4-7H,12H2,1-3H3/t7-/m1/s1. The topological polar surface area (TPSA) is 61.5 Å². The third-order valence-corrected chi connectivity index (χ3v) is 2.14. The van der Waals surface area contributed by atoms with E-state index in [-0.39, 0.29) is 12.0 Å². The molecule has 0 saturated heterocycles. The molecule has 0 aliphatic carbocycles. The van der Waals surface area contributed by atoms with E-state index in [1.165, 1.54) is 7.11 Å². The second-order valence-corrected chi connectivity index (χ2v) is 3.24. The van der Waals surface area contributed by atoms with Crippen molar-refractivity contribution in [3.8, 4) is 5.75 Å². The molecule has 2 N–H and O–H groups in total. The van der Waals surface area contributed by atoms with Crippen molar-refractivity contribution in [3.05, 3.63) is 29.3 Å². The normalized spacial score (nSPS) is 12.0. The number of methoxy groups -OCH3 is 2. The average molecular weight is 209 g/mol. The minimum atomic E-state index is -0.375. The van der Waals surface area contributed by atoms with Gasteiger partial charge in [0.05, 0.1) is 19.8 Å². The van der Waals surface area contributed by atoms with Crippen molar-refractivity contribution < 1.29 is 14.3 Å². The number of carbonyl (C=O) groups excluding carboxylic acids is 1. The number of rotatable bonds is 3. The maximum absolute atomic E-state index is 11.3. The summed E-state index contributed by atoms with van der Waals surface area (Å²) in [4.78, 5) is 11.3. The molecule has 15 heavy (non-hydrogen) atoms. The van der Waals surface area contributed by atoms with Crippen molar-refractivity contribution in [2.45, 2.75) is 13.0 Å². The van der Waals surface area contributed by atoms with E-state index in [1.807, 2.05) is 6.92 Å². The van der Waals surface area contributed by atoms with Gasteiger partial charge in [-0.15, -0.1) is 0 Å². The zero-order valence-electron chi connectivity index (χ0n) is 9.11. The van der Waals surface area contributed by atoms with Crippen molar-refractivity contribution in [2.24, 2.45) is 5.73 Å². The second-order valence-electron chi connectivity index (χ2n) is 3.24. The minimum absolute atomic E-state index is 0.190. The lowest BCUT2D eigenvalue weighted by atomic mass is 10.0. The molecule has 0 heterocycles. The zero-order chi connectivity index (χ0) is 11.4. The van der Waals surface area contributed by atoms with Gasteiger partial charge in [-0.25, -0.2) is 4.79 Å². The number of hydrogen-bond donors (Lipinski definition) is 1. The highest BCUT2D eigenvalue weighted by molar-refractivity contribution is 5.89. The SMILES string of the molecule is COC(=O)c1ccc(OC)c([C@@H](C)N)c1. The van der Waals surface area contributed by atoms with Crippen LogP contribution in [0.15, 0.2) is 18.2 Å². The second kappa shape index (κ2) is 4.79. The smallest absolute Gasteiger partial charge is 0.337 e. The lowest BCUT2D eigenvalue weighted by Gasteiger charge is -2.12. The van der Waals surface area contributed by atoms with Crippen LogP contribution in [0.4, 0.5) is 0 Å². The molecule has 4 heteroatoms. The first kappa shape index (κ1) is 11.5. The summed E-state index contributed by atoms with van der Waals surface area (Å²) < 4.78 is 9.77. The van der Waals surface area contributed by atoms with E-state index in [2.05, 4.69) is 4.74 Å². The van der Waals surface area contributed by atoms with Gasteiger partial charge in [0.25, 0.3) is 0 Å². The zero-order valence-corrected chi connectivity index (χ0v) is 9.11. The van der Waals surface area contributed by atoms with Crippen LogP contribution in [0.3, 0.4) is 0 Å². The van der Waals surface area contributed by atoms with Gasteiger partial charge < -0.3 is 15.2 Å². The Bertz CT molecular complexity index is 361. The number of ether oxygens (including phenoxy) is 2. The molecule has 0 unspecified atom stereocenters. The predicted molar refractivity (Wildman–Crippen MR) is 56.9 cm³/mol. The van der Waals surface area contributed by atoms with Crippen molar-refractivity contribution >= 4 is 5.97 Å². The van der Waals surface area contributed by atoms with E-state index in [4.69, 9.17) is 10.5 Å². The van der Waals surface area contributed by atoms with Crippen LogP contribution in [0.1, 0.15) is 28.9 Å². The van der Waals surface area contributed by atoms with Crippen LogP contribution in [0.5, 0.6) is 5.75 Å². The van der Waals surface area contributed by atoms with Gasteiger partial charge in [-0.1, -0.05) is 0 Å². The Morgan fingerprint density at radius 1 is 1.40 bits per heavy atom. The summed E-state index contributed by atoms with van der Waals surface area (Å²) in [5.41, 5.74) is 7.04. The van der Waals surface area contributed by atoms with E-state index in [9.17, 15) is 4.79 Å². The summed E-state index contributed by atoms with van der Waals surface area (Å²) in [6.07, 6.45) is 0. The lowest BCUT2D eigenvalue weighted by Crippen LogP contribution is -2.09. The molecule has 1 aromatic carbocycles. The molecule has 0 amide bonds. The summed E-state index contributed by atoms with van der Waals surface area (Å²) in [5, 5.41) is 0. The molecular weight excluding hydrogens is 194 g/mol. The molecule has 0 aromatic heterocycles. The van der Waals surface area contributed by atoms with Crippen molar-refractivity contribution in [1.29, 1.82) is 0 Å². The Labute approximate surface area is 89.0 Å². The van der Waals surface area contributed by atoms with Crippen LogP contribution in [0, 0.1) is 0 Å². The Morgan fingerprint density at radius 3 is 2.53 bits per heavy atom. The van der Waals surface area contributed by atoms with E-state index >= 15 is 0 Å². The van der Waals surface area contributed by atoms with Crippen molar-refractivity contribution in [3.63, 3.8) is 0 Å². The number of carbonyl (C=O) groups is 1. The number of nitrogens with two attached hydrogens (primary N) is 1. The van der Waals surface area contributed by atoms with E-state index in [0.717, 1.165) is 5.56 Å². The molecule has 1 rings (SSSR count). The third kappa shape index (κ3) is 2.47. The average Bonchev–Trinajstić information content (AvgIpc) is 2.27. The maximum Gasteiger partial charge on any atom is 0.337 e. The quantitative estimate of drug-likeness (QED) is 0.766. The molecule has 0 bridgehead atoms. The monoisotopic (exact) mass is 209 g/mol. The molecule has 0 saturated carbocycles. The molecule has 4 nitrogen and oxygen atoms in total. The maximum atomic E-state index is 11.3. The van der Waals surface area contributed by atoms with E-state index in [0.29, 0.717) is 11.3 Å². The highest BCUT2D eigenvalue weighted by Gasteiger charge is 2.12. The van der Waals surface area contributed by atoms with Crippen LogP contribution in [0.25, 0.3) is 0 Å². The number of esters is 1. The van der Waals surface area contributed by atoms with Crippen LogP contribution < -0.4 is 10.5 Å². The van der Waals surface area contributed by atoms with Crippen molar-refractivity contribution in [1.82, 2.24) is 0 Å². The van der Waals surface area contributed by atoms with Gasteiger partial charge in [0, 0.05) is 11.6 Å². The van der Waals surface area contributed by atoms with E-state index < -0.39 is 0 Å². The molecule has 0 spiro atoms. The van der Waals surface area contributed by atoms with Gasteiger partial charge in [-0.05, 0) is 25.1 Å². The highest BCUT2D eigenvalue weighted by atomic mass is 16.5. The Morgan fingerprint density at radius 2 is 2.07 bits per heavy atom. The van der Waals surface area contributed by atoms with Crippen LogP contribution in [0.2, 0.25) is 0 Å². The lowest BCUT2D eigenvalue weighted by molar-refractivity contribution is 0.0600. The van der Waals surface area contributed by atoms with Gasteiger partial charge in [-0.2, -0.15) is 0 Å². The van der Waals surface area contributed by atoms with Gasteiger partial charge >= 0.3 is 5.97 Å². The summed E-state index contributed by atoms with van der Waals surface area (Å²) in [6.45, 7) is 1.83. The van der Waals surface area contributed by atoms with Gasteiger partial charge in [0.2, 0.25) is 0 Å². The minimum Gasteiger partial charge on any atom is -0.496 e. The largest absolute Gasteiger partial charge is 0.496 e. The van der Waals surface area contributed by atoms with Crippen molar-refractivity contribution in [2.75, 3.05) is 14.2 Å². The molecule has 0 fully saturated rings. The Balaban J connectivity index is 3.16. The number of benzene rings is 1. The summed E-state index contributed by atoms with van der Waals surface area (Å²) in [5.74, 6) is 0.303. The van der Waals surface area contributed by atoms with Crippen LogP contribution in [-0.2, 0) is 4.74 Å². The predicted octanol–water partition coefficient (Wildman–Crippen LogP) is 1.50. The molecular formula is C11H15NO3. The fourth-order valence-corrected chi connectivity index (χ4v) is 1.34. The molecule has 0 aliphatic rings. The fraction of sp³-hybridized carbons (Fsp3) is 0.364. The highest BCUT2D eigenvalue weighted by Crippen LogP contribution is 2.24. The van der Waals surface area contributed by atoms with Gasteiger partial charge in [-0.3, -0.25) is 0 Å². The van der Waals surface area contributed by atoms with Gasteiger partial charge in [0.1, 0.15) is 5.75 Å². The van der Waals surface area contributed by atoms with Crippen LogP contribution >= 0.6 is 0 Å². The van der Waals surface area contributed by atoms with Crippen LogP contribution in [-0.4, -0.2) is 20.2 Å². The van der Waals surface area contributed by atoms with Gasteiger partial charge in [0.15, 0.2) is 0 Å². The molecule has 0 aliphatic heterocycles. The Hall–Kier alpha value is -1.55. The summed E-state index contributed by atoms with van der Waals surface area (Å²) in [6, 6.07) is 4.86. The first-order chi connectivity index (χ1) is 7.10. The summed E-state index contributed by atoms with van der Waals surface area (Å²) >= 11 is 0. The molecule has 82 valence electrons. The summed E-state index contributed by atoms with van der Waals surface area (Å²) in [7, 11) is 2.91.